The second-order valence-corrected chi connectivity index (χ2v) is 6.40. The summed E-state index contributed by atoms with van der Waals surface area (Å²) in [5.74, 6) is -0.703. The van der Waals surface area contributed by atoms with E-state index < -0.39 is 15.8 Å². The third-order valence-electron chi connectivity index (χ3n) is 2.82. The van der Waals surface area contributed by atoms with E-state index in [1.54, 1.807) is 14.0 Å². The fourth-order valence-electron chi connectivity index (χ4n) is 1.80. The molecule has 0 saturated carbocycles. The Morgan fingerprint density at radius 2 is 2.14 bits per heavy atom. The maximum absolute atomic E-state index is 13.4. The minimum absolute atomic E-state index is 0.0768. The lowest BCUT2D eigenvalue weighted by Gasteiger charge is -2.08. The number of aromatic amines is 1. The van der Waals surface area contributed by atoms with Crippen LogP contribution >= 0.6 is 11.6 Å². The second-order valence-electron chi connectivity index (χ2n) is 4.40. The molecule has 0 spiro atoms. The number of nitrogens with zero attached hydrogens (tertiary/aromatic N) is 1. The average Bonchev–Trinajstić information content (AvgIpc) is 2.77. The normalized spacial score (nSPS) is 11.6. The first kappa shape index (κ1) is 15.7. The molecule has 0 saturated heterocycles. The van der Waals surface area contributed by atoms with Gasteiger partial charge in [0.2, 0.25) is 5.03 Å². The van der Waals surface area contributed by atoms with Crippen LogP contribution in [-0.4, -0.2) is 25.7 Å². The number of rotatable bonds is 5. The molecule has 0 aliphatic rings. The number of anilines is 1. The van der Waals surface area contributed by atoms with E-state index in [0.717, 1.165) is 6.07 Å². The van der Waals surface area contributed by atoms with Crippen molar-refractivity contribution >= 4 is 27.3 Å². The Labute approximate surface area is 126 Å². The van der Waals surface area contributed by atoms with Crippen molar-refractivity contribution in [2.24, 2.45) is 0 Å². The van der Waals surface area contributed by atoms with Crippen molar-refractivity contribution in [2.45, 2.75) is 18.5 Å². The number of H-pyrrole nitrogens is 1. The summed E-state index contributed by atoms with van der Waals surface area (Å²) in [6.07, 6.45) is 0. The number of hydrogen-bond acceptors (Lipinski definition) is 4. The molecule has 1 aromatic heterocycles. The monoisotopic (exact) mass is 332 g/mol. The number of aromatic nitrogens is 2. The molecule has 1 aromatic carbocycles. The molecule has 21 heavy (non-hydrogen) atoms. The lowest BCUT2D eigenvalue weighted by atomic mass is 10.3. The van der Waals surface area contributed by atoms with E-state index in [9.17, 15) is 12.8 Å². The molecule has 0 aliphatic carbocycles. The van der Waals surface area contributed by atoms with Gasteiger partial charge in [-0.15, -0.1) is 0 Å². The van der Waals surface area contributed by atoms with Crippen molar-refractivity contribution in [1.29, 1.82) is 0 Å². The second kappa shape index (κ2) is 6.00. The van der Waals surface area contributed by atoms with Crippen molar-refractivity contribution in [3.8, 4) is 0 Å². The highest BCUT2D eigenvalue weighted by Crippen LogP contribution is 2.23. The zero-order chi connectivity index (χ0) is 15.6. The number of halogens is 2. The van der Waals surface area contributed by atoms with Crippen molar-refractivity contribution in [1.82, 2.24) is 15.5 Å². The Kier molecular flexibility index (Phi) is 4.50. The summed E-state index contributed by atoms with van der Waals surface area (Å²) in [7, 11) is -2.22. The fourth-order valence-corrected chi connectivity index (χ4v) is 3.17. The first-order chi connectivity index (χ1) is 9.85. The van der Waals surface area contributed by atoms with Crippen LogP contribution in [0, 0.1) is 12.7 Å². The zero-order valence-corrected chi connectivity index (χ0v) is 12.9. The van der Waals surface area contributed by atoms with Gasteiger partial charge in [-0.05, 0) is 32.2 Å². The first-order valence-corrected chi connectivity index (χ1v) is 7.87. The number of aryl methyl sites for hydroxylation is 1. The quantitative estimate of drug-likeness (QED) is 0.782. The SMILES string of the molecule is CNCc1c(S(=O)(=O)Nc2ccc(Cl)c(F)c2)n[nH]c1C. The van der Waals surface area contributed by atoms with Crippen LogP contribution in [-0.2, 0) is 16.6 Å². The molecule has 0 radical (unpaired) electrons. The Hall–Kier alpha value is -1.64. The minimum Gasteiger partial charge on any atom is -0.316 e. The summed E-state index contributed by atoms with van der Waals surface area (Å²) < 4.78 is 40.3. The van der Waals surface area contributed by atoms with Gasteiger partial charge in [-0.1, -0.05) is 11.6 Å². The zero-order valence-electron chi connectivity index (χ0n) is 11.4. The standard InChI is InChI=1S/C12H14ClFN4O2S/c1-7-9(6-15-2)12(17-16-7)21(19,20)18-8-3-4-10(13)11(14)5-8/h3-5,15,18H,6H2,1-2H3,(H,16,17). The predicted molar refractivity (Wildman–Crippen MR) is 78.3 cm³/mol. The fraction of sp³-hybridized carbons (Fsp3) is 0.250. The molecule has 9 heteroatoms. The van der Waals surface area contributed by atoms with Gasteiger partial charge in [-0.25, -0.2) is 4.39 Å². The Bertz CT molecular complexity index is 761. The number of nitrogens with one attached hydrogen (secondary N) is 3. The molecule has 0 unspecified atom stereocenters. The molecular formula is C12H14ClFN4O2S. The number of sulfonamides is 1. The van der Waals surface area contributed by atoms with Gasteiger partial charge in [-0.2, -0.15) is 13.5 Å². The molecule has 0 fully saturated rings. The van der Waals surface area contributed by atoms with Gasteiger partial charge in [-0.3, -0.25) is 9.82 Å². The summed E-state index contributed by atoms with van der Waals surface area (Å²) in [4.78, 5) is 0. The van der Waals surface area contributed by atoms with Crippen LogP contribution in [0.5, 0.6) is 0 Å². The molecule has 2 rings (SSSR count). The molecule has 0 atom stereocenters. The third kappa shape index (κ3) is 3.34. The minimum atomic E-state index is -3.92. The van der Waals surface area contributed by atoms with E-state index in [1.807, 2.05) is 0 Å². The number of benzene rings is 1. The maximum atomic E-state index is 13.4. The van der Waals surface area contributed by atoms with Crippen LogP contribution in [0.3, 0.4) is 0 Å². The van der Waals surface area contributed by atoms with E-state index in [0.29, 0.717) is 17.8 Å². The van der Waals surface area contributed by atoms with Crippen LogP contribution in [0.15, 0.2) is 23.2 Å². The largest absolute Gasteiger partial charge is 0.316 e. The molecule has 2 aromatic rings. The summed E-state index contributed by atoms with van der Waals surface area (Å²) >= 11 is 5.56. The van der Waals surface area contributed by atoms with Gasteiger partial charge in [0.25, 0.3) is 10.0 Å². The molecular weight excluding hydrogens is 319 g/mol. The molecule has 114 valence electrons. The van der Waals surface area contributed by atoms with Crippen molar-refractivity contribution in [2.75, 3.05) is 11.8 Å². The summed E-state index contributed by atoms with van der Waals surface area (Å²) in [6, 6.07) is 3.66. The first-order valence-electron chi connectivity index (χ1n) is 6.01. The van der Waals surface area contributed by atoms with E-state index in [1.165, 1.54) is 12.1 Å². The Morgan fingerprint density at radius 3 is 2.76 bits per heavy atom. The number of hydrogen-bond donors (Lipinski definition) is 3. The maximum Gasteiger partial charge on any atom is 0.281 e. The van der Waals surface area contributed by atoms with E-state index >= 15 is 0 Å². The van der Waals surface area contributed by atoms with E-state index in [-0.39, 0.29) is 15.7 Å². The van der Waals surface area contributed by atoms with Crippen LogP contribution in [0.2, 0.25) is 5.02 Å². The molecule has 0 aliphatic heterocycles. The molecule has 1 heterocycles. The molecule has 0 amide bonds. The van der Waals surface area contributed by atoms with Gasteiger partial charge >= 0.3 is 0 Å². The smallest absolute Gasteiger partial charge is 0.281 e. The molecule has 3 N–H and O–H groups in total. The highest BCUT2D eigenvalue weighted by atomic mass is 35.5. The highest BCUT2D eigenvalue weighted by molar-refractivity contribution is 7.92. The lowest BCUT2D eigenvalue weighted by molar-refractivity contribution is 0.595. The van der Waals surface area contributed by atoms with Crippen LogP contribution in [0.1, 0.15) is 11.3 Å². The molecule has 0 bridgehead atoms. The molecule has 6 nitrogen and oxygen atoms in total. The summed E-state index contributed by atoms with van der Waals surface area (Å²) in [6.45, 7) is 2.06. The lowest BCUT2D eigenvalue weighted by Crippen LogP contribution is -2.17. The average molecular weight is 333 g/mol. The third-order valence-corrected chi connectivity index (χ3v) is 4.47. The van der Waals surface area contributed by atoms with Crippen molar-refractivity contribution in [3.05, 3.63) is 40.3 Å². The van der Waals surface area contributed by atoms with Gasteiger partial charge in [0.05, 0.1) is 10.7 Å². The van der Waals surface area contributed by atoms with E-state index in [2.05, 4.69) is 20.2 Å². The van der Waals surface area contributed by atoms with Gasteiger partial charge in [0, 0.05) is 17.8 Å². The summed E-state index contributed by atoms with van der Waals surface area (Å²) in [5, 5.41) is 9.11. The summed E-state index contributed by atoms with van der Waals surface area (Å²) in [5.41, 5.74) is 1.25. The van der Waals surface area contributed by atoms with E-state index in [4.69, 9.17) is 11.6 Å². The van der Waals surface area contributed by atoms with Crippen molar-refractivity contribution < 1.29 is 12.8 Å². The predicted octanol–water partition coefficient (Wildman–Crippen LogP) is 2.03. The van der Waals surface area contributed by atoms with Gasteiger partial charge in [0.15, 0.2) is 0 Å². The Balaban J connectivity index is 2.36. The Morgan fingerprint density at radius 1 is 1.43 bits per heavy atom. The van der Waals surface area contributed by atoms with Gasteiger partial charge in [0.1, 0.15) is 5.82 Å². The highest BCUT2D eigenvalue weighted by Gasteiger charge is 2.23. The van der Waals surface area contributed by atoms with Crippen LogP contribution in [0.25, 0.3) is 0 Å². The topological polar surface area (TPSA) is 86.9 Å². The van der Waals surface area contributed by atoms with Crippen LogP contribution < -0.4 is 10.0 Å². The van der Waals surface area contributed by atoms with Gasteiger partial charge < -0.3 is 5.32 Å². The van der Waals surface area contributed by atoms with Crippen molar-refractivity contribution in [3.63, 3.8) is 0 Å². The van der Waals surface area contributed by atoms with Crippen LogP contribution in [0.4, 0.5) is 10.1 Å².